The van der Waals surface area contributed by atoms with Crippen molar-refractivity contribution in [1.29, 1.82) is 0 Å². The lowest BCUT2D eigenvalue weighted by molar-refractivity contribution is -0.140. The molecule has 0 bridgehead atoms. The number of aliphatic carboxylic acids is 1. The zero-order valence-corrected chi connectivity index (χ0v) is 16.2. The molecule has 1 amide bonds. The molecule has 2 aromatic heterocycles. The highest BCUT2D eigenvalue weighted by atomic mass is 16.5. The van der Waals surface area contributed by atoms with E-state index in [1.807, 2.05) is 20.8 Å². The third-order valence-corrected chi connectivity index (χ3v) is 4.19. The quantitative estimate of drug-likeness (QED) is 0.591. The summed E-state index contributed by atoms with van der Waals surface area (Å²) in [6.45, 7) is 5.65. The summed E-state index contributed by atoms with van der Waals surface area (Å²) in [4.78, 5) is 55.5. The van der Waals surface area contributed by atoms with Crippen molar-refractivity contribution in [3.63, 3.8) is 0 Å². The Balaban J connectivity index is 2.75. The zero-order chi connectivity index (χ0) is 21.0. The van der Waals surface area contributed by atoms with Crippen molar-refractivity contribution < 1.29 is 19.4 Å². The van der Waals surface area contributed by atoms with Gasteiger partial charge in [-0.05, 0) is 18.4 Å². The number of ether oxygens (including phenoxy) is 1. The summed E-state index contributed by atoms with van der Waals surface area (Å²) in [7, 11) is 1.31. The standard InChI is InChI=1S/C18H24N4O6/c1-5-6-22-14-13(16(24)21-18(22)27)10(7-11(19-14)9(2)3)15(23)20-12(8-28-4)17(25)26/h7,9,12H,5-6,8H2,1-4H3,(H,20,23)(H,25,26)(H,21,24,27). The number of hydrogen-bond acceptors (Lipinski definition) is 6. The van der Waals surface area contributed by atoms with Gasteiger partial charge in [0.1, 0.15) is 0 Å². The minimum atomic E-state index is -1.29. The fourth-order valence-corrected chi connectivity index (χ4v) is 2.78. The fourth-order valence-electron chi connectivity index (χ4n) is 2.78. The number of hydrogen-bond donors (Lipinski definition) is 3. The molecule has 10 nitrogen and oxygen atoms in total. The third-order valence-electron chi connectivity index (χ3n) is 4.19. The number of carboxylic acid groups (broad SMARTS) is 1. The van der Waals surface area contributed by atoms with E-state index in [0.717, 1.165) is 0 Å². The molecule has 2 rings (SSSR count). The van der Waals surface area contributed by atoms with Gasteiger partial charge in [-0.3, -0.25) is 19.1 Å². The normalized spacial score (nSPS) is 12.3. The first-order valence-electron chi connectivity index (χ1n) is 8.91. The first kappa shape index (κ1) is 21.3. The van der Waals surface area contributed by atoms with Crippen LogP contribution in [0.2, 0.25) is 0 Å². The van der Waals surface area contributed by atoms with Crippen LogP contribution in [0, 0.1) is 0 Å². The molecule has 0 saturated heterocycles. The van der Waals surface area contributed by atoms with Gasteiger partial charge in [0.05, 0.1) is 17.6 Å². The van der Waals surface area contributed by atoms with E-state index in [2.05, 4.69) is 15.3 Å². The lowest BCUT2D eigenvalue weighted by Gasteiger charge is -2.17. The molecule has 0 aliphatic rings. The Hall–Kier alpha value is -3.01. The van der Waals surface area contributed by atoms with Crippen LogP contribution in [-0.4, -0.2) is 51.3 Å². The van der Waals surface area contributed by atoms with Crippen LogP contribution in [0.3, 0.4) is 0 Å². The Kier molecular flexibility index (Phi) is 6.68. The van der Waals surface area contributed by atoms with E-state index >= 15 is 0 Å². The molecule has 1 atom stereocenters. The van der Waals surface area contributed by atoms with Crippen LogP contribution in [0.15, 0.2) is 15.7 Å². The SMILES string of the molecule is CCCn1c(=O)[nH]c(=O)c2c(C(=O)NC(COC)C(=O)O)cc(C(C)C)nc21. The topological polar surface area (TPSA) is 143 Å². The van der Waals surface area contributed by atoms with Gasteiger partial charge in [0.15, 0.2) is 11.7 Å². The second-order valence-corrected chi connectivity index (χ2v) is 6.68. The average molecular weight is 392 g/mol. The van der Waals surface area contributed by atoms with Gasteiger partial charge < -0.3 is 15.2 Å². The Morgan fingerprint density at radius 1 is 1.36 bits per heavy atom. The number of fused-ring (bicyclic) bond motifs is 1. The second-order valence-electron chi connectivity index (χ2n) is 6.68. The van der Waals surface area contributed by atoms with Gasteiger partial charge in [0, 0.05) is 19.3 Å². The number of nitrogens with one attached hydrogen (secondary N) is 2. The zero-order valence-electron chi connectivity index (χ0n) is 16.2. The molecular formula is C18H24N4O6. The fraction of sp³-hybridized carbons (Fsp3) is 0.500. The highest BCUT2D eigenvalue weighted by molar-refractivity contribution is 6.06. The number of aryl methyl sites for hydroxylation is 1. The minimum Gasteiger partial charge on any atom is -0.480 e. The number of methoxy groups -OCH3 is 1. The number of rotatable bonds is 8. The van der Waals surface area contributed by atoms with Crippen molar-refractivity contribution in [2.24, 2.45) is 0 Å². The number of amides is 1. The molecule has 152 valence electrons. The first-order valence-corrected chi connectivity index (χ1v) is 8.91. The highest BCUT2D eigenvalue weighted by Gasteiger charge is 2.25. The molecular weight excluding hydrogens is 368 g/mol. The number of aromatic nitrogens is 3. The molecule has 10 heteroatoms. The summed E-state index contributed by atoms with van der Waals surface area (Å²) in [6, 6.07) is 0.160. The van der Waals surface area contributed by atoms with Gasteiger partial charge in [0.2, 0.25) is 0 Å². The van der Waals surface area contributed by atoms with Crippen molar-refractivity contribution in [3.8, 4) is 0 Å². The van der Waals surface area contributed by atoms with E-state index in [1.165, 1.54) is 17.7 Å². The van der Waals surface area contributed by atoms with Crippen LogP contribution in [0.5, 0.6) is 0 Å². The molecule has 2 aromatic rings. The van der Waals surface area contributed by atoms with Crippen LogP contribution in [0.1, 0.15) is 49.2 Å². The highest BCUT2D eigenvalue weighted by Crippen LogP contribution is 2.20. The summed E-state index contributed by atoms with van der Waals surface area (Å²) in [6.07, 6.45) is 0.616. The molecule has 3 N–H and O–H groups in total. The predicted octanol–water partition coefficient (Wildman–Crippen LogP) is 0.448. The van der Waals surface area contributed by atoms with Crippen molar-refractivity contribution >= 4 is 22.9 Å². The van der Waals surface area contributed by atoms with Gasteiger partial charge in [-0.2, -0.15) is 0 Å². The molecule has 0 aliphatic carbocycles. The maximum absolute atomic E-state index is 12.8. The van der Waals surface area contributed by atoms with Gasteiger partial charge in [-0.15, -0.1) is 0 Å². The Morgan fingerprint density at radius 3 is 2.57 bits per heavy atom. The van der Waals surface area contributed by atoms with Crippen molar-refractivity contribution in [1.82, 2.24) is 19.9 Å². The van der Waals surface area contributed by atoms with Crippen LogP contribution in [0.25, 0.3) is 11.0 Å². The van der Waals surface area contributed by atoms with E-state index in [1.54, 1.807) is 0 Å². The van der Waals surface area contributed by atoms with Crippen molar-refractivity contribution in [3.05, 3.63) is 38.2 Å². The molecule has 2 heterocycles. The van der Waals surface area contributed by atoms with Crippen molar-refractivity contribution in [2.45, 2.75) is 45.7 Å². The summed E-state index contributed by atoms with van der Waals surface area (Å²) in [5.41, 5.74) is -0.792. The van der Waals surface area contributed by atoms with Crippen LogP contribution in [0.4, 0.5) is 0 Å². The number of carbonyl (C=O) groups excluding carboxylic acids is 1. The van der Waals surface area contributed by atoms with E-state index in [4.69, 9.17) is 4.74 Å². The number of H-pyrrole nitrogens is 1. The van der Waals surface area contributed by atoms with Crippen LogP contribution in [-0.2, 0) is 16.1 Å². The first-order chi connectivity index (χ1) is 13.2. The lowest BCUT2D eigenvalue weighted by atomic mass is 10.0. The van der Waals surface area contributed by atoms with E-state index in [0.29, 0.717) is 18.7 Å². The van der Waals surface area contributed by atoms with E-state index in [9.17, 15) is 24.3 Å². The number of carbonyl (C=O) groups is 2. The summed E-state index contributed by atoms with van der Waals surface area (Å²) < 4.78 is 6.13. The maximum Gasteiger partial charge on any atom is 0.329 e. The largest absolute Gasteiger partial charge is 0.480 e. The smallest absolute Gasteiger partial charge is 0.329 e. The monoisotopic (exact) mass is 392 g/mol. The van der Waals surface area contributed by atoms with Crippen LogP contribution < -0.4 is 16.6 Å². The minimum absolute atomic E-state index is 0.0397. The van der Waals surface area contributed by atoms with Gasteiger partial charge in [-0.1, -0.05) is 20.8 Å². The molecule has 0 radical (unpaired) electrons. The molecule has 0 fully saturated rings. The number of pyridine rings is 1. The molecule has 0 saturated carbocycles. The second kappa shape index (κ2) is 8.79. The number of aromatic amines is 1. The average Bonchev–Trinajstić information content (AvgIpc) is 2.63. The third kappa shape index (κ3) is 4.28. The lowest BCUT2D eigenvalue weighted by Crippen LogP contribution is -2.44. The molecule has 0 aliphatic heterocycles. The summed E-state index contributed by atoms with van der Waals surface area (Å²) in [5, 5.41) is 11.5. The Labute approximate surface area is 160 Å². The molecule has 0 aromatic carbocycles. The summed E-state index contributed by atoms with van der Waals surface area (Å²) in [5.74, 6) is -2.12. The molecule has 0 spiro atoms. The molecule has 1 unspecified atom stereocenters. The van der Waals surface area contributed by atoms with E-state index < -0.39 is 29.2 Å². The van der Waals surface area contributed by atoms with Gasteiger partial charge in [0.25, 0.3) is 11.5 Å². The predicted molar refractivity (Wildman–Crippen MR) is 102 cm³/mol. The molecule has 28 heavy (non-hydrogen) atoms. The Morgan fingerprint density at radius 2 is 2.04 bits per heavy atom. The van der Waals surface area contributed by atoms with Crippen LogP contribution >= 0.6 is 0 Å². The number of nitrogens with zero attached hydrogens (tertiary/aromatic N) is 2. The maximum atomic E-state index is 12.8. The van der Waals surface area contributed by atoms with Crippen molar-refractivity contribution in [2.75, 3.05) is 13.7 Å². The van der Waals surface area contributed by atoms with E-state index in [-0.39, 0.29) is 29.1 Å². The van der Waals surface area contributed by atoms with Gasteiger partial charge in [-0.25, -0.2) is 14.6 Å². The van der Waals surface area contributed by atoms with Gasteiger partial charge >= 0.3 is 11.7 Å². The number of carboxylic acids is 1. The summed E-state index contributed by atoms with van der Waals surface area (Å²) >= 11 is 0. The Bertz CT molecular complexity index is 1010.